The summed E-state index contributed by atoms with van der Waals surface area (Å²) in [5.74, 6) is -0.451. The highest BCUT2D eigenvalue weighted by molar-refractivity contribution is 6.77. The standard InChI is InChI=1S/C17H33NO6Si2/c1-14(2)16(19)22-10-8-18-12-15(23-17(18)20)13-21-9-7-11-26(5,6)24-25(3)4/h15,25H,1,7-13H2,2-6H3. The topological polar surface area (TPSA) is 74.3 Å². The third-order valence-corrected chi connectivity index (χ3v) is 9.81. The number of hydrogen-bond acceptors (Lipinski definition) is 6. The molecular weight excluding hydrogens is 370 g/mol. The van der Waals surface area contributed by atoms with E-state index in [1.165, 1.54) is 4.90 Å². The molecule has 1 fully saturated rings. The summed E-state index contributed by atoms with van der Waals surface area (Å²) in [5.41, 5.74) is 0.340. The molecule has 1 amide bonds. The molecule has 0 N–H and O–H groups in total. The highest BCUT2D eigenvalue weighted by Crippen LogP contribution is 2.16. The summed E-state index contributed by atoms with van der Waals surface area (Å²) in [5, 5.41) is 0. The molecule has 0 bridgehead atoms. The van der Waals surface area contributed by atoms with Crippen LogP contribution >= 0.6 is 0 Å². The van der Waals surface area contributed by atoms with Gasteiger partial charge < -0.3 is 23.2 Å². The van der Waals surface area contributed by atoms with Gasteiger partial charge in [0.05, 0.1) is 19.7 Å². The zero-order valence-electron chi connectivity index (χ0n) is 16.7. The second-order valence-corrected chi connectivity index (χ2v) is 14.5. The fourth-order valence-corrected chi connectivity index (χ4v) is 9.30. The molecule has 0 aliphatic carbocycles. The van der Waals surface area contributed by atoms with E-state index in [9.17, 15) is 9.59 Å². The number of cyclic esters (lactones) is 1. The van der Waals surface area contributed by atoms with Crippen molar-refractivity contribution < 1.29 is 27.9 Å². The van der Waals surface area contributed by atoms with Crippen molar-refractivity contribution in [2.75, 3.05) is 32.9 Å². The number of amides is 1. The molecule has 0 saturated carbocycles. The Kier molecular flexibility index (Phi) is 9.55. The summed E-state index contributed by atoms with van der Waals surface area (Å²) in [4.78, 5) is 24.6. The van der Waals surface area contributed by atoms with Crippen molar-refractivity contribution in [2.45, 2.75) is 51.7 Å². The highest BCUT2D eigenvalue weighted by atomic mass is 28.4. The summed E-state index contributed by atoms with van der Waals surface area (Å²) in [7, 11) is -2.55. The number of nitrogens with zero attached hydrogens (tertiary/aromatic N) is 1. The first-order chi connectivity index (χ1) is 12.1. The first kappa shape index (κ1) is 22.9. The largest absolute Gasteiger partial charge is 0.460 e. The average Bonchev–Trinajstić information content (AvgIpc) is 2.85. The summed E-state index contributed by atoms with van der Waals surface area (Å²) < 4.78 is 22.1. The minimum absolute atomic E-state index is 0.132. The van der Waals surface area contributed by atoms with Crippen molar-refractivity contribution in [1.82, 2.24) is 4.90 Å². The lowest BCUT2D eigenvalue weighted by Crippen LogP contribution is -2.35. The average molecular weight is 404 g/mol. The minimum Gasteiger partial charge on any atom is -0.460 e. The van der Waals surface area contributed by atoms with Gasteiger partial charge in [0.2, 0.25) is 0 Å². The monoisotopic (exact) mass is 403 g/mol. The highest BCUT2D eigenvalue weighted by Gasteiger charge is 2.31. The lowest BCUT2D eigenvalue weighted by molar-refractivity contribution is -0.139. The Morgan fingerprint density at radius 3 is 2.69 bits per heavy atom. The number of carbonyl (C=O) groups is 2. The van der Waals surface area contributed by atoms with Gasteiger partial charge in [0.15, 0.2) is 17.4 Å². The number of carbonyl (C=O) groups excluding carboxylic acids is 2. The first-order valence-electron chi connectivity index (χ1n) is 9.14. The third-order valence-electron chi connectivity index (χ3n) is 3.82. The van der Waals surface area contributed by atoms with E-state index in [0.717, 1.165) is 12.5 Å². The van der Waals surface area contributed by atoms with Crippen LogP contribution in [0.5, 0.6) is 0 Å². The van der Waals surface area contributed by atoms with Gasteiger partial charge in [-0.25, -0.2) is 9.59 Å². The van der Waals surface area contributed by atoms with E-state index in [0.29, 0.717) is 31.9 Å². The Morgan fingerprint density at radius 2 is 2.08 bits per heavy atom. The Morgan fingerprint density at radius 1 is 1.38 bits per heavy atom. The molecule has 0 aromatic heterocycles. The number of ether oxygens (including phenoxy) is 3. The zero-order chi connectivity index (χ0) is 19.7. The maximum Gasteiger partial charge on any atom is 0.410 e. The predicted molar refractivity (Wildman–Crippen MR) is 105 cm³/mol. The van der Waals surface area contributed by atoms with E-state index in [2.05, 4.69) is 32.8 Å². The van der Waals surface area contributed by atoms with Crippen LogP contribution < -0.4 is 0 Å². The van der Waals surface area contributed by atoms with Crippen LogP contribution in [0.25, 0.3) is 0 Å². The van der Waals surface area contributed by atoms with Gasteiger partial charge in [0.1, 0.15) is 12.7 Å². The zero-order valence-corrected chi connectivity index (χ0v) is 18.9. The van der Waals surface area contributed by atoms with E-state index in [4.69, 9.17) is 18.3 Å². The lowest BCUT2D eigenvalue weighted by Gasteiger charge is -2.25. The lowest BCUT2D eigenvalue weighted by atomic mass is 10.3. The molecule has 1 atom stereocenters. The molecule has 26 heavy (non-hydrogen) atoms. The predicted octanol–water partition coefficient (Wildman–Crippen LogP) is 2.54. The molecule has 1 aliphatic rings. The van der Waals surface area contributed by atoms with Crippen LogP contribution in [0.4, 0.5) is 4.79 Å². The number of rotatable bonds is 12. The minimum atomic E-state index is -1.56. The molecule has 9 heteroatoms. The van der Waals surface area contributed by atoms with Crippen LogP contribution in [0, 0.1) is 0 Å². The number of esters is 1. The van der Waals surface area contributed by atoms with Gasteiger partial charge in [-0.3, -0.25) is 0 Å². The molecule has 1 rings (SSSR count). The van der Waals surface area contributed by atoms with Gasteiger partial charge in [-0.1, -0.05) is 6.58 Å². The molecule has 0 spiro atoms. The van der Waals surface area contributed by atoms with Gasteiger partial charge in [-0.2, -0.15) is 0 Å². The number of hydrogen-bond donors (Lipinski definition) is 0. The Hall–Kier alpha value is -1.17. The normalized spacial score (nSPS) is 17.5. The SMILES string of the molecule is C=C(C)C(=O)OCCN1CC(COCCC[Si](C)(C)O[SiH](C)C)OC1=O. The molecule has 1 saturated heterocycles. The third kappa shape index (κ3) is 8.97. The van der Waals surface area contributed by atoms with Gasteiger partial charge in [-0.15, -0.1) is 0 Å². The van der Waals surface area contributed by atoms with E-state index in [-0.39, 0.29) is 12.7 Å². The fraction of sp³-hybridized carbons (Fsp3) is 0.765. The molecule has 1 aliphatic heterocycles. The van der Waals surface area contributed by atoms with Crippen molar-refractivity contribution in [3.63, 3.8) is 0 Å². The first-order valence-corrected chi connectivity index (χ1v) is 15.0. The van der Waals surface area contributed by atoms with Crippen LogP contribution in [0.1, 0.15) is 13.3 Å². The molecule has 1 heterocycles. The van der Waals surface area contributed by atoms with Crippen LogP contribution in [0.15, 0.2) is 12.2 Å². The Bertz CT molecular complexity index is 498. The van der Waals surface area contributed by atoms with Gasteiger partial charge in [0.25, 0.3) is 0 Å². The van der Waals surface area contributed by atoms with E-state index >= 15 is 0 Å². The summed E-state index contributed by atoms with van der Waals surface area (Å²) in [6, 6.07) is 1.07. The van der Waals surface area contributed by atoms with Gasteiger partial charge in [0, 0.05) is 12.2 Å². The molecule has 7 nitrogen and oxygen atoms in total. The molecule has 0 aromatic carbocycles. The van der Waals surface area contributed by atoms with Crippen molar-refractivity contribution in [1.29, 1.82) is 0 Å². The molecule has 1 unspecified atom stereocenters. The van der Waals surface area contributed by atoms with Crippen LogP contribution in [0.3, 0.4) is 0 Å². The van der Waals surface area contributed by atoms with Gasteiger partial charge >= 0.3 is 12.1 Å². The van der Waals surface area contributed by atoms with E-state index in [1.54, 1.807) is 6.92 Å². The maximum absolute atomic E-state index is 11.8. The molecule has 0 aromatic rings. The van der Waals surface area contributed by atoms with Crippen LogP contribution in [-0.4, -0.2) is 73.3 Å². The quantitative estimate of drug-likeness (QED) is 0.216. The van der Waals surface area contributed by atoms with Crippen LogP contribution in [0.2, 0.25) is 32.2 Å². The van der Waals surface area contributed by atoms with E-state index in [1.807, 2.05) is 0 Å². The fourth-order valence-electron chi connectivity index (χ4n) is 2.73. The van der Waals surface area contributed by atoms with Crippen molar-refractivity contribution in [3.8, 4) is 0 Å². The van der Waals surface area contributed by atoms with Crippen molar-refractivity contribution in [2.24, 2.45) is 0 Å². The van der Waals surface area contributed by atoms with E-state index < -0.39 is 29.4 Å². The smallest absolute Gasteiger partial charge is 0.410 e. The molecule has 0 radical (unpaired) electrons. The van der Waals surface area contributed by atoms with Crippen molar-refractivity contribution in [3.05, 3.63) is 12.2 Å². The van der Waals surface area contributed by atoms with Crippen LogP contribution in [-0.2, 0) is 23.1 Å². The molecular formula is C17H33NO6Si2. The maximum atomic E-state index is 11.8. The Balaban J connectivity index is 2.17. The second kappa shape index (κ2) is 10.9. The Labute approximate surface area is 159 Å². The summed E-state index contributed by atoms with van der Waals surface area (Å²) in [6.07, 6.45) is 0.291. The van der Waals surface area contributed by atoms with Gasteiger partial charge in [-0.05, 0) is 45.6 Å². The van der Waals surface area contributed by atoms with Crippen molar-refractivity contribution >= 4 is 29.4 Å². The molecule has 150 valence electrons. The second-order valence-electron chi connectivity index (χ2n) is 7.47. The summed E-state index contributed by atoms with van der Waals surface area (Å²) in [6.45, 7) is 15.9. The summed E-state index contributed by atoms with van der Waals surface area (Å²) >= 11 is 0.